The van der Waals surface area contributed by atoms with Crippen LogP contribution in [0.3, 0.4) is 0 Å². The van der Waals surface area contributed by atoms with Crippen molar-refractivity contribution in [2.75, 3.05) is 13.2 Å². The minimum Gasteiger partial charge on any atom is -0.353 e. The second-order valence-electron chi connectivity index (χ2n) is 3.72. The van der Waals surface area contributed by atoms with Crippen LogP contribution in [-0.2, 0) is 9.47 Å². The molecule has 0 aromatic heterocycles. The maximum Gasteiger partial charge on any atom is 0.154 e. The van der Waals surface area contributed by atoms with E-state index in [2.05, 4.69) is 13.8 Å². The first-order chi connectivity index (χ1) is 6.81. The third kappa shape index (κ3) is 10.0. The summed E-state index contributed by atoms with van der Waals surface area (Å²) in [6.07, 6.45) is 7.27. The number of hydrogen-bond donors (Lipinski definition) is 0. The van der Waals surface area contributed by atoms with Crippen molar-refractivity contribution >= 4 is 0 Å². The van der Waals surface area contributed by atoms with Crippen LogP contribution < -0.4 is 0 Å². The number of rotatable bonds is 10. The lowest BCUT2D eigenvalue weighted by Crippen LogP contribution is -2.14. The summed E-state index contributed by atoms with van der Waals surface area (Å²) < 4.78 is 11.0. The van der Waals surface area contributed by atoms with Crippen molar-refractivity contribution in [3.05, 3.63) is 0 Å². The second kappa shape index (κ2) is 11.0. The summed E-state index contributed by atoms with van der Waals surface area (Å²) >= 11 is 0. The topological polar surface area (TPSA) is 18.5 Å². The van der Waals surface area contributed by atoms with Crippen LogP contribution in [0.15, 0.2) is 0 Å². The van der Waals surface area contributed by atoms with Gasteiger partial charge in [0.15, 0.2) is 6.29 Å². The lowest BCUT2D eigenvalue weighted by molar-refractivity contribution is -0.131. The predicted octanol–water partition coefficient (Wildman–Crippen LogP) is 3.75. The highest BCUT2D eigenvalue weighted by atomic mass is 16.7. The third-order valence-electron chi connectivity index (χ3n) is 2.20. The Morgan fingerprint density at radius 3 is 1.57 bits per heavy atom. The molecule has 0 amide bonds. The third-order valence-corrected chi connectivity index (χ3v) is 2.20. The zero-order valence-corrected chi connectivity index (χ0v) is 10.1. The van der Waals surface area contributed by atoms with Crippen molar-refractivity contribution in [2.24, 2.45) is 0 Å². The zero-order chi connectivity index (χ0) is 10.6. The number of hydrogen-bond acceptors (Lipinski definition) is 2. The summed E-state index contributed by atoms with van der Waals surface area (Å²) in [4.78, 5) is 0. The van der Waals surface area contributed by atoms with E-state index >= 15 is 0 Å². The molecule has 0 aliphatic carbocycles. The summed E-state index contributed by atoms with van der Waals surface area (Å²) in [6.45, 7) is 8.05. The zero-order valence-electron chi connectivity index (χ0n) is 10.1. The highest BCUT2D eigenvalue weighted by Crippen LogP contribution is 2.01. The van der Waals surface area contributed by atoms with Gasteiger partial charge in [-0.05, 0) is 19.8 Å². The minimum absolute atomic E-state index is 0.0243. The van der Waals surface area contributed by atoms with Gasteiger partial charge < -0.3 is 9.47 Å². The van der Waals surface area contributed by atoms with Crippen molar-refractivity contribution in [3.63, 3.8) is 0 Å². The van der Waals surface area contributed by atoms with Gasteiger partial charge in [-0.15, -0.1) is 0 Å². The molecule has 86 valence electrons. The van der Waals surface area contributed by atoms with Crippen molar-refractivity contribution in [2.45, 2.75) is 65.6 Å². The Kier molecular flexibility index (Phi) is 10.9. The first-order valence-corrected chi connectivity index (χ1v) is 6.04. The molecule has 0 rings (SSSR count). The molecule has 0 spiro atoms. The molecule has 0 unspecified atom stereocenters. The average Bonchev–Trinajstić information content (AvgIpc) is 2.19. The molecule has 0 saturated heterocycles. The molecule has 0 N–H and O–H groups in total. The molecule has 14 heavy (non-hydrogen) atoms. The van der Waals surface area contributed by atoms with Crippen LogP contribution >= 0.6 is 0 Å². The van der Waals surface area contributed by atoms with Crippen LogP contribution in [0.2, 0.25) is 0 Å². The van der Waals surface area contributed by atoms with Crippen LogP contribution in [-0.4, -0.2) is 19.5 Å². The number of ether oxygens (including phenoxy) is 2. The molecule has 2 nitrogen and oxygen atoms in total. The Bertz CT molecular complexity index is 92.5. The quantitative estimate of drug-likeness (QED) is 0.397. The Hall–Kier alpha value is -0.0800. The van der Waals surface area contributed by atoms with E-state index in [0.29, 0.717) is 0 Å². The maximum atomic E-state index is 5.50. The van der Waals surface area contributed by atoms with E-state index in [1.807, 2.05) is 6.92 Å². The van der Waals surface area contributed by atoms with Gasteiger partial charge in [0, 0.05) is 13.2 Å². The molecule has 0 heterocycles. The van der Waals surface area contributed by atoms with Crippen molar-refractivity contribution in [1.82, 2.24) is 0 Å². The molecule has 0 atom stereocenters. The molecule has 0 aromatic carbocycles. The predicted molar refractivity (Wildman–Crippen MR) is 60.4 cm³/mol. The Labute approximate surface area is 89.0 Å². The first kappa shape index (κ1) is 13.9. The smallest absolute Gasteiger partial charge is 0.154 e. The van der Waals surface area contributed by atoms with Gasteiger partial charge in [-0.2, -0.15) is 0 Å². The molecule has 2 heteroatoms. The van der Waals surface area contributed by atoms with Gasteiger partial charge in [0.25, 0.3) is 0 Å². The van der Waals surface area contributed by atoms with E-state index in [-0.39, 0.29) is 6.29 Å². The monoisotopic (exact) mass is 202 g/mol. The Morgan fingerprint density at radius 1 is 0.786 bits per heavy atom. The summed E-state index contributed by atoms with van der Waals surface area (Å²) in [7, 11) is 0. The molecule has 0 aliphatic rings. The summed E-state index contributed by atoms with van der Waals surface area (Å²) in [5.74, 6) is 0. The first-order valence-electron chi connectivity index (χ1n) is 6.04. The van der Waals surface area contributed by atoms with Gasteiger partial charge >= 0.3 is 0 Å². The molecule has 0 fully saturated rings. The van der Waals surface area contributed by atoms with Crippen LogP contribution in [0.4, 0.5) is 0 Å². The molecule has 0 aliphatic heterocycles. The largest absolute Gasteiger partial charge is 0.353 e. The van der Waals surface area contributed by atoms with Crippen LogP contribution in [0.5, 0.6) is 0 Å². The average molecular weight is 202 g/mol. The highest BCUT2D eigenvalue weighted by Gasteiger charge is 2.00. The van der Waals surface area contributed by atoms with Gasteiger partial charge in [0.2, 0.25) is 0 Å². The van der Waals surface area contributed by atoms with E-state index in [1.54, 1.807) is 0 Å². The second-order valence-corrected chi connectivity index (χ2v) is 3.72. The molecule has 0 aromatic rings. The van der Waals surface area contributed by atoms with Crippen molar-refractivity contribution in [1.29, 1.82) is 0 Å². The SMILES string of the molecule is CCCCCOC(C)OCCCCC. The van der Waals surface area contributed by atoms with E-state index in [1.165, 1.54) is 25.7 Å². The van der Waals surface area contributed by atoms with Crippen molar-refractivity contribution in [3.8, 4) is 0 Å². The molecule has 0 radical (unpaired) electrons. The molecule has 0 saturated carbocycles. The van der Waals surface area contributed by atoms with Crippen LogP contribution in [0.25, 0.3) is 0 Å². The van der Waals surface area contributed by atoms with Gasteiger partial charge in [0.1, 0.15) is 0 Å². The van der Waals surface area contributed by atoms with Gasteiger partial charge in [0.05, 0.1) is 0 Å². The van der Waals surface area contributed by atoms with Gasteiger partial charge in [-0.25, -0.2) is 0 Å². The van der Waals surface area contributed by atoms with Gasteiger partial charge in [-0.1, -0.05) is 39.5 Å². The van der Waals surface area contributed by atoms with E-state index in [4.69, 9.17) is 9.47 Å². The Morgan fingerprint density at radius 2 is 1.21 bits per heavy atom. The minimum atomic E-state index is -0.0243. The van der Waals surface area contributed by atoms with Crippen LogP contribution in [0, 0.1) is 0 Å². The summed E-state index contributed by atoms with van der Waals surface area (Å²) in [5.41, 5.74) is 0. The van der Waals surface area contributed by atoms with Gasteiger partial charge in [-0.3, -0.25) is 0 Å². The lowest BCUT2D eigenvalue weighted by atomic mass is 10.3. The fourth-order valence-electron chi connectivity index (χ4n) is 1.25. The lowest BCUT2D eigenvalue weighted by Gasteiger charge is -2.13. The maximum absolute atomic E-state index is 5.50. The van der Waals surface area contributed by atoms with Crippen molar-refractivity contribution < 1.29 is 9.47 Å². The standard InChI is InChI=1S/C12H26O2/c1-4-6-8-10-13-12(3)14-11-9-7-5-2/h12H,4-11H2,1-3H3. The fraction of sp³-hybridized carbons (Fsp3) is 1.00. The fourth-order valence-corrected chi connectivity index (χ4v) is 1.25. The van der Waals surface area contributed by atoms with E-state index in [0.717, 1.165) is 26.1 Å². The van der Waals surface area contributed by atoms with E-state index < -0.39 is 0 Å². The number of unbranched alkanes of at least 4 members (excludes halogenated alkanes) is 4. The Balaban J connectivity index is 3.07. The van der Waals surface area contributed by atoms with E-state index in [9.17, 15) is 0 Å². The van der Waals surface area contributed by atoms with Crippen LogP contribution in [0.1, 0.15) is 59.3 Å². The normalized spacial score (nSPS) is 11.1. The molecular weight excluding hydrogens is 176 g/mol. The summed E-state index contributed by atoms with van der Waals surface area (Å²) in [5, 5.41) is 0. The summed E-state index contributed by atoms with van der Waals surface area (Å²) in [6, 6.07) is 0. The molecular formula is C12H26O2. The molecule has 0 bridgehead atoms. The highest BCUT2D eigenvalue weighted by molar-refractivity contribution is 4.40.